The van der Waals surface area contributed by atoms with Crippen molar-refractivity contribution in [3.05, 3.63) is 29.7 Å². The van der Waals surface area contributed by atoms with Crippen molar-refractivity contribution in [3.63, 3.8) is 0 Å². The summed E-state index contributed by atoms with van der Waals surface area (Å²) in [5.41, 5.74) is 2.07. The Morgan fingerprint density at radius 2 is 2.00 bits per heavy atom. The summed E-state index contributed by atoms with van der Waals surface area (Å²) in [6, 6.07) is 2.69. The van der Waals surface area contributed by atoms with Crippen molar-refractivity contribution in [1.82, 2.24) is 25.0 Å². The average Bonchev–Trinajstić information content (AvgIpc) is 2.95. The summed E-state index contributed by atoms with van der Waals surface area (Å²) in [6.45, 7) is 1.82. The first-order valence-corrected chi connectivity index (χ1v) is 5.78. The van der Waals surface area contributed by atoms with Gasteiger partial charge in [0.2, 0.25) is 0 Å². The molecule has 0 unspecified atom stereocenters. The second-order valence-electron chi connectivity index (χ2n) is 4.47. The topological polar surface area (TPSA) is 59.4 Å². The Morgan fingerprint density at radius 1 is 1.25 bits per heavy atom. The number of pyridine rings is 1. The molecule has 0 aliphatic rings. The molecular weight excluding hydrogens is 271 g/mol. The average molecular weight is 281 g/mol. The number of hydrogen-bond acceptors (Lipinski definition) is 3. The van der Waals surface area contributed by atoms with Gasteiger partial charge in [0.1, 0.15) is 11.2 Å². The molecule has 20 heavy (non-hydrogen) atoms. The Labute approximate surface area is 111 Å². The van der Waals surface area contributed by atoms with Crippen LogP contribution in [0.2, 0.25) is 0 Å². The van der Waals surface area contributed by atoms with Crippen molar-refractivity contribution in [1.29, 1.82) is 0 Å². The summed E-state index contributed by atoms with van der Waals surface area (Å²) >= 11 is 0. The molecular formula is C12H10F3N5. The maximum absolute atomic E-state index is 12.5. The number of alkyl halides is 3. The van der Waals surface area contributed by atoms with Gasteiger partial charge in [-0.15, -0.1) is 0 Å². The van der Waals surface area contributed by atoms with Crippen LogP contribution < -0.4 is 0 Å². The fraction of sp³-hybridized carbons (Fsp3) is 0.250. The van der Waals surface area contributed by atoms with Gasteiger partial charge in [-0.2, -0.15) is 23.4 Å². The van der Waals surface area contributed by atoms with Crippen LogP contribution in [0.4, 0.5) is 13.2 Å². The lowest BCUT2D eigenvalue weighted by atomic mass is 10.2. The lowest BCUT2D eigenvalue weighted by Crippen LogP contribution is -2.04. The first-order chi connectivity index (χ1) is 9.36. The molecule has 0 radical (unpaired) electrons. The van der Waals surface area contributed by atoms with E-state index in [4.69, 9.17) is 0 Å². The van der Waals surface area contributed by atoms with Gasteiger partial charge in [-0.25, -0.2) is 0 Å². The number of halogens is 3. The van der Waals surface area contributed by atoms with Gasteiger partial charge < -0.3 is 0 Å². The van der Waals surface area contributed by atoms with Crippen molar-refractivity contribution in [2.24, 2.45) is 7.05 Å². The van der Waals surface area contributed by atoms with Crippen LogP contribution in [0.1, 0.15) is 11.4 Å². The highest BCUT2D eigenvalue weighted by Crippen LogP contribution is 2.30. The van der Waals surface area contributed by atoms with Gasteiger partial charge in [0, 0.05) is 18.8 Å². The van der Waals surface area contributed by atoms with Crippen molar-refractivity contribution in [2.75, 3.05) is 0 Å². The van der Waals surface area contributed by atoms with E-state index in [1.165, 1.54) is 6.20 Å². The van der Waals surface area contributed by atoms with E-state index < -0.39 is 11.9 Å². The van der Waals surface area contributed by atoms with Crippen LogP contribution in [0, 0.1) is 6.92 Å². The smallest absolute Gasteiger partial charge is 0.273 e. The molecule has 0 saturated carbocycles. The van der Waals surface area contributed by atoms with Gasteiger partial charge in [0.05, 0.1) is 16.9 Å². The predicted molar refractivity (Wildman–Crippen MR) is 65.8 cm³/mol. The normalized spacial score (nSPS) is 12.2. The van der Waals surface area contributed by atoms with Gasteiger partial charge in [-0.05, 0) is 19.1 Å². The molecule has 3 aromatic rings. The lowest BCUT2D eigenvalue weighted by Gasteiger charge is -2.00. The molecule has 0 amide bonds. The summed E-state index contributed by atoms with van der Waals surface area (Å²) in [4.78, 5) is 4.23. The zero-order valence-electron chi connectivity index (χ0n) is 10.7. The van der Waals surface area contributed by atoms with E-state index in [1.807, 2.05) is 12.0 Å². The van der Waals surface area contributed by atoms with Crippen molar-refractivity contribution >= 4 is 11.0 Å². The third kappa shape index (κ3) is 1.93. The maximum Gasteiger partial charge on any atom is 0.432 e. The van der Waals surface area contributed by atoms with Crippen LogP contribution in [-0.2, 0) is 13.2 Å². The van der Waals surface area contributed by atoms with Crippen LogP contribution in [0.15, 0.2) is 18.3 Å². The molecule has 0 atom stereocenters. The van der Waals surface area contributed by atoms with Crippen molar-refractivity contribution in [2.45, 2.75) is 13.1 Å². The molecule has 0 aliphatic heterocycles. The predicted octanol–water partition coefficient (Wildman–Crippen LogP) is 2.69. The number of aryl methyl sites for hydroxylation is 2. The number of H-pyrrole nitrogens is 1. The van der Waals surface area contributed by atoms with Crippen LogP contribution in [0.25, 0.3) is 22.3 Å². The fourth-order valence-corrected chi connectivity index (χ4v) is 2.06. The van der Waals surface area contributed by atoms with E-state index >= 15 is 0 Å². The Bertz CT molecular complexity index is 784. The number of aromatic amines is 1. The van der Waals surface area contributed by atoms with Crippen molar-refractivity contribution < 1.29 is 13.2 Å². The zero-order chi connectivity index (χ0) is 14.5. The second-order valence-corrected chi connectivity index (χ2v) is 4.47. The molecule has 0 fully saturated rings. The Kier molecular flexibility index (Phi) is 2.56. The van der Waals surface area contributed by atoms with Crippen LogP contribution in [-0.4, -0.2) is 25.0 Å². The van der Waals surface area contributed by atoms with Crippen molar-refractivity contribution in [3.8, 4) is 11.3 Å². The molecule has 1 N–H and O–H groups in total. The number of nitrogens with one attached hydrogen (secondary N) is 1. The van der Waals surface area contributed by atoms with Crippen LogP contribution in [0.3, 0.4) is 0 Å². The van der Waals surface area contributed by atoms with Gasteiger partial charge >= 0.3 is 6.18 Å². The van der Waals surface area contributed by atoms with Crippen LogP contribution in [0.5, 0.6) is 0 Å². The highest BCUT2D eigenvalue weighted by molar-refractivity contribution is 5.81. The minimum absolute atomic E-state index is 0.200. The van der Waals surface area contributed by atoms with E-state index in [0.29, 0.717) is 5.56 Å². The Hall–Kier alpha value is -2.38. The molecule has 0 bridgehead atoms. The molecule has 0 aromatic carbocycles. The third-order valence-corrected chi connectivity index (χ3v) is 3.04. The number of aromatic nitrogens is 5. The summed E-state index contributed by atoms with van der Waals surface area (Å²) in [6.07, 6.45) is -2.95. The molecule has 3 rings (SSSR count). The SMILES string of the molecule is Cc1nn(C)c2cc(-c3cc(C(F)(F)F)[nH]n3)cnc12. The zero-order valence-corrected chi connectivity index (χ0v) is 10.7. The molecule has 3 aromatic heterocycles. The Balaban J connectivity index is 2.10. The first-order valence-electron chi connectivity index (χ1n) is 5.78. The third-order valence-electron chi connectivity index (χ3n) is 3.04. The van der Waals surface area contributed by atoms with Gasteiger partial charge in [-0.1, -0.05) is 0 Å². The van der Waals surface area contributed by atoms with Gasteiger partial charge in [0.15, 0.2) is 0 Å². The van der Waals surface area contributed by atoms with Gasteiger partial charge in [0.25, 0.3) is 0 Å². The van der Waals surface area contributed by atoms with E-state index in [-0.39, 0.29) is 5.69 Å². The molecule has 104 valence electrons. The molecule has 3 heterocycles. The van der Waals surface area contributed by atoms with E-state index in [2.05, 4.69) is 15.2 Å². The highest BCUT2D eigenvalue weighted by atomic mass is 19.4. The Morgan fingerprint density at radius 3 is 2.65 bits per heavy atom. The lowest BCUT2D eigenvalue weighted by molar-refractivity contribution is -0.141. The molecule has 0 saturated heterocycles. The standard InChI is InChI=1S/C12H10F3N5/c1-6-11-9(20(2)19-6)3-7(5-16-11)8-4-10(18-17-8)12(13,14)15/h3-5H,1-2H3,(H,17,18). The molecule has 8 heteroatoms. The van der Waals surface area contributed by atoms with E-state index in [1.54, 1.807) is 17.8 Å². The summed E-state index contributed by atoms with van der Waals surface area (Å²) < 4.78 is 39.2. The first kappa shape index (κ1) is 12.6. The number of nitrogens with zero attached hydrogens (tertiary/aromatic N) is 4. The quantitative estimate of drug-likeness (QED) is 0.746. The summed E-state index contributed by atoms with van der Waals surface area (Å²) in [7, 11) is 1.76. The minimum Gasteiger partial charge on any atom is -0.273 e. The molecule has 5 nitrogen and oxygen atoms in total. The molecule has 0 aliphatic carbocycles. The number of rotatable bonds is 1. The fourth-order valence-electron chi connectivity index (χ4n) is 2.06. The highest BCUT2D eigenvalue weighted by Gasteiger charge is 2.33. The van der Waals surface area contributed by atoms with Crippen LogP contribution >= 0.6 is 0 Å². The monoisotopic (exact) mass is 281 g/mol. The largest absolute Gasteiger partial charge is 0.432 e. The second kappa shape index (κ2) is 4.06. The van der Waals surface area contributed by atoms with Gasteiger partial charge in [-0.3, -0.25) is 14.8 Å². The number of fused-ring (bicyclic) bond motifs is 1. The van der Waals surface area contributed by atoms with E-state index in [9.17, 15) is 13.2 Å². The van der Waals surface area contributed by atoms with E-state index in [0.717, 1.165) is 22.8 Å². The summed E-state index contributed by atoms with van der Waals surface area (Å²) in [5, 5.41) is 9.88. The number of hydrogen-bond donors (Lipinski definition) is 1. The summed E-state index contributed by atoms with van der Waals surface area (Å²) in [5.74, 6) is 0. The minimum atomic E-state index is -4.44. The maximum atomic E-state index is 12.5. The molecule has 0 spiro atoms.